The molecule has 1 N–H and O–H groups in total. The van der Waals surface area contributed by atoms with E-state index in [9.17, 15) is 31.6 Å². The van der Waals surface area contributed by atoms with Gasteiger partial charge < -0.3 is 14.2 Å². The molecule has 174 valence electrons. The quantitative estimate of drug-likeness (QED) is 0.338. The van der Waals surface area contributed by atoms with Gasteiger partial charge in [-0.3, -0.25) is 18.9 Å². The van der Waals surface area contributed by atoms with E-state index in [2.05, 4.69) is 0 Å². The van der Waals surface area contributed by atoms with Gasteiger partial charge in [-0.1, -0.05) is 12.8 Å². The number of rotatable bonds is 7. The number of hydrogen-bond acceptors (Lipinski definition) is 8. The van der Waals surface area contributed by atoms with E-state index in [1.54, 1.807) is 0 Å². The number of esters is 3. The van der Waals surface area contributed by atoms with Crippen LogP contribution >= 0.6 is 0 Å². The van der Waals surface area contributed by atoms with Crippen LogP contribution in [0.15, 0.2) is 0 Å². The molecule has 4 rings (SSSR count). The van der Waals surface area contributed by atoms with Crippen LogP contribution in [0.25, 0.3) is 0 Å². The molecule has 0 radical (unpaired) electrons. The fourth-order valence-electron chi connectivity index (χ4n) is 5.49. The van der Waals surface area contributed by atoms with Crippen molar-refractivity contribution in [2.45, 2.75) is 62.4 Å². The Balaban J connectivity index is 1.35. The summed E-state index contributed by atoms with van der Waals surface area (Å²) in [6, 6.07) is 0. The van der Waals surface area contributed by atoms with E-state index in [0.717, 1.165) is 6.42 Å². The Kier molecular flexibility index (Phi) is 5.74. The zero-order valence-electron chi connectivity index (χ0n) is 16.6. The molecule has 4 aliphatic rings. The largest absolute Gasteiger partial charge is 0.465 e. The van der Waals surface area contributed by atoms with Crippen molar-refractivity contribution in [1.29, 1.82) is 0 Å². The van der Waals surface area contributed by atoms with Crippen LogP contribution in [-0.2, 0) is 38.7 Å². The third-order valence-electron chi connectivity index (χ3n) is 7.05. The maximum atomic E-state index is 13.3. The molecule has 3 saturated carbocycles. The normalized spacial score (nSPS) is 36.9. The van der Waals surface area contributed by atoms with Gasteiger partial charge in [0.25, 0.3) is 0 Å². The fourth-order valence-corrected chi connectivity index (χ4v) is 5.83. The number of alkyl halides is 2. The minimum atomic E-state index is -5.61. The van der Waals surface area contributed by atoms with Gasteiger partial charge in [-0.25, -0.2) is 0 Å². The summed E-state index contributed by atoms with van der Waals surface area (Å²) in [5.74, 6) is -3.44. The first-order valence-corrected chi connectivity index (χ1v) is 11.9. The van der Waals surface area contributed by atoms with E-state index in [0.29, 0.717) is 32.1 Å². The van der Waals surface area contributed by atoms with Crippen molar-refractivity contribution in [3.05, 3.63) is 0 Å². The van der Waals surface area contributed by atoms with Crippen molar-refractivity contribution in [3.63, 3.8) is 0 Å². The Bertz CT molecular complexity index is 874. The molecule has 0 aromatic rings. The van der Waals surface area contributed by atoms with Gasteiger partial charge in [-0.05, 0) is 25.7 Å². The van der Waals surface area contributed by atoms with Gasteiger partial charge in [-0.15, -0.1) is 0 Å². The lowest BCUT2D eigenvalue weighted by Gasteiger charge is -2.31. The van der Waals surface area contributed by atoms with Gasteiger partial charge >= 0.3 is 33.3 Å². The number of ether oxygens (including phenoxy) is 3. The van der Waals surface area contributed by atoms with Gasteiger partial charge in [-0.2, -0.15) is 17.2 Å². The summed E-state index contributed by atoms with van der Waals surface area (Å²) < 4.78 is 72.2. The summed E-state index contributed by atoms with van der Waals surface area (Å²) in [6.07, 6.45) is 1.01. The zero-order chi connectivity index (χ0) is 22.6. The predicted molar refractivity (Wildman–Crippen MR) is 97.0 cm³/mol. The Morgan fingerprint density at radius 2 is 1.77 bits per heavy atom. The highest BCUT2D eigenvalue weighted by Crippen LogP contribution is 2.55. The molecule has 4 fully saturated rings. The molecule has 2 bridgehead atoms. The molecule has 1 aliphatic heterocycles. The molecule has 3 aliphatic carbocycles. The topological polar surface area (TPSA) is 133 Å². The summed E-state index contributed by atoms with van der Waals surface area (Å²) in [5.41, 5.74) is 0. The van der Waals surface area contributed by atoms with Gasteiger partial charge in [0.05, 0.1) is 30.8 Å². The first-order valence-electron chi connectivity index (χ1n) is 10.4. The minimum absolute atomic E-state index is 0.0482. The lowest BCUT2D eigenvalue weighted by atomic mass is 9.79. The lowest BCUT2D eigenvalue weighted by molar-refractivity contribution is -0.173. The van der Waals surface area contributed by atoms with Gasteiger partial charge in [0.2, 0.25) is 0 Å². The van der Waals surface area contributed by atoms with Crippen LogP contribution in [0.1, 0.15) is 44.9 Å². The second-order valence-electron chi connectivity index (χ2n) is 8.83. The van der Waals surface area contributed by atoms with Crippen LogP contribution in [0, 0.1) is 29.6 Å². The van der Waals surface area contributed by atoms with Crippen LogP contribution in [0.2, 0.25) is 0 Å². The van der Waals surface area contributed by atoms with Crippen LogP contribution in [-0.4, -0.2) is 54.9 Å². The van der Waals surface area contributed by atoms with Gasteiger partial charge in [0.1, 0.15) is 12.2 Å². The molecule has 12 heteroatoms. The van der Waals surface area contributed by atoms with Gasteiger partial charge in [0, 0.05) is 11.8 Å². The number of hydrogen-bond donors (Lipinski definition) is 1. The first-order chi connectivity index (χ1) is 14.5. The highest BCUT2D eigenvalue weighted by Gasteiger charge is 2.63. The van der Waals surface area contributed by atoms with Crippen molar-refractivity contribution in [3.8, 4) is 0 Å². The standard InChI is InChI=1S/C19H24F2O9S/c20-19(21,31(25,26)27)5-6-28-16(22)10-3-1-2-4-11(10)17(23)29-14-9-7-12-13(8-9)18(24)30-15(12)14/h9-15H,1-8H2,(H,25,26,27)/t9?,10?,11?,12?,13?,14-,15?/m0/s1. The molecule has 7 atom stereocenters. The molecule has 1 heterocycles. The van der Waals surface area contributed by atoms with Crippen LogP contribution in [0.5, 0.6) is 0 Å². The Hall–Kier alpha value is -1.82. The number of carbonyl (C=O) groups is 3. The average Bonchev–Trinajstić information content (AvgIpc) is 3.32. The SMILES string of the molecule is O=C(OCCC(F)(F)S(=O)(=O)O)C1CCCCC1C(=O)O[C@H]1C2CC3C(=O)OC1C3C2. The molecule has 1 saturated heterocycles. The first kappa shape index (κ1) is 22.4. The second-order valence-corrected chi connectivity index (χ2v) is 10.4. The summed E-state index contributed by atoms with van der Waals surface area (Å²) in [7, 11) is -5.61. The van der Waals surface area contributed by atoms with E-state index < -0.39 is 64.4 Å². The monoisotopic (exact) mass is 466 g/mol. The van der Waals surface area contributed by atoms with E-state index in [1.807, 2.05) is 0 Å². The Labute approximate surface area is 177 Å². The van der Waals surface area contributed by atoms with Crippen molar-refractivity contribution in [1.82, 2.24) is 0 Å². The van der Waals surface area contributed by atoms with Gasteiger partial charge in [0.15, 0.2) is 0 Å². The van der Waals surface area contributed by atoms with Crippen molar-refractivity contribution < 1.29 is 50.3 Å². The maximum Gasteiger partial charge on any atom is 0.373 e. The summed E-state index contributed by atoms with van der Waals surface area (Å²) >= 11 is 0. The lowest BCUT2D eigenvalue weighted by Crippen LogP contribution is -2.41. The molecule has 0 amide bonds. The van der Waals surface area contributed by atoms with E-state index in [4.69, 9.17) is 18.8 Å². The highest BCUT2D eigenvalue weighted by molar-refractivity contribution is 7.86. The molecular formula is C19H24F2O9S. The summed E-state index contributed by atoms with van der Waals surface area (Å²) in [5, 5.41) is -4.43. The van der Waals surface area contributed by atoms with Crippen molar-refractivity contribution >= 4 is 28.0 Å². The van der Waals surface area contributed by atoms with E-state index in [-0.39, 0.29) is 23.7 Å². The summed E-state index contributed by atoms with van der Waals surface area (Å²) in [4.78, 5) is 37.2. The second kappa shape index (κ2) is 7.95. The molecule has 6 unspecified atom stereocenters. The van der Waals surface area contributed by atoms with Crippen LogP contribution in [0.4, 0.5) is 8.78 Å². The third kappa shape index (κ3) is 4.04. The Morgan fingerprint density at radius 1 is 1.13 bits per heavy atom. The van der Waals surface area contributed by atoms with Crippen LogP contribution < -0.4 is 0 Å². The number of fused-ring (bicyclic) bond motifs is 1. The maximum absolute atomic E-state index is 13.3. The molecule has 9 nitrogen and oxygen atoms in total. The average molecular weight is 466 g/mol. The predicted octanol–water partition coefficient (Wildman–Crippen LogP) is 1.70. The van der Waals surface area contributed by atoms with Crippen molar-refractivity contribution in [2.24, 2.45) is 29.6 Å². The minimum Gasteiger partial charge on any atom is -0.465 e. The molecule has 0 aromatic heterocycles. The molecular weight excluding hydrogens is 442 g/mol. The number of carbonyl (C=O) groups excluding carboxylic acids is 3. The van der Waals surface area contributed by atoms with Crippen LogP contribution in [0.3, 0.4) is 0 Å². The smallest absolute Gasteiger partial charge is 0.373 e. The van der Waals surface area contributed by atoms with Crippen molar-refractivity contribution in [2.75, 3.05) is 6.61 Å². The molecule has 0 aromatic carbocycles. The number of halogens is 2. The fraction of sp³-hybridized carbons (Fsp3) is 0.842. The van der Waals surface area contributed by atoms with E-state index >= 15 is 0 Å². The highest BCUT2D eigenvalue weighted by atomic mass is 32.2. The Morgan fingerprint density at radius 3 is 2.42 bits per heavy atom. The summed E-state index contributed by atoms with van der Waals surface area (Å²) in [6.45, 7) is -0.921. The zero-order valence-corrected chi connectivity index (χ0v) is 17.4. The third-order valence-corrected chi connectivity index (χ3v) is 8.01. The van der Waals surface area contributed by atoms with E-state index in [1.165, 1.54) is 0 Å². The molecule has 31 heavy (non-hydrogen) atoms. The molecule has 0 spiro atoms.